The normalized spacial score (nSPS) is 17.7. The molecule has 2 N–H and O–H groups in total. The van der Waals surface area contributed by atoms with E-state index in [9.17, 15) is 4.79 Å². The molecule has 8 heteroatoms. The van der Waals surface area contributed by atoms with E-state index in [1.807, 2.05) is 23.0 Å². The summed E-state index contributed by atoms with van der Waals surface area (Å²) < 4.78 is 3.72. The molecule has 2 aliphatic rings. The lowest BCUT2D eigenvalue weighted by molar-refractivity contribution is 0.486. The number of anilines is 3. The summed E-state index contributed by atoms with van der Waals surface area (Å²) in [5.41, 5.74) is 3.75. The van der Waals surface area contributed by atoms with Gasteiger partial charge in [-0.3, -0.25) is 9.13 Å². The molecule has 3 heterocycles. The van der Waals surface area contributed by atoms with E-state index in [0.717, 1.165) is 55.9 Å². The summed E-state index contributed by atoms with van der Waals surface area (Å²) in [6.45, 7) is 8.16. The van der Waals surface area contributed by atoms with Crippen LogP contribution >= 0.6 is 0 Å². The second kappa shape index (κ2) is 8.34. The first-order valence-corrected chi connectivity index (χ1v) is 11.4. The number of hydrogen-bond donors (Lipinski definition) is 2. The zero-order valence-electron chi connectivity index (χ0n) is 18.3. The summed E-state index contributed by atoms with van der Waals surface area (Å²) in [6.07, 6.45) is 6.20. The minimum absolute atomic E-state index is 0.0312. The molecule has 2 fully saturated rings. The maximum atomic E-state index is 13.2. The Bertz CT molecular complexity index is 1100. The van der Waals surface area contributed by atoms with Crippen molar-refractivity contribution in [3.05, 3.63) is 40.9 Å². The summed E-state index contributed by atoms with van der Waals surface area (Å²) in [5, 5.41) is 6.71. The lowest BCUT2D eigenvalue weighted by Gasteiger charge is -2.29. The highest BCUT2D eigenvalue weighted by atomic mass is 16.2. The number of rotatable bonds is 5. The number of nitrogens with zero attached hydrogens (tertiary/aromatic N) is 5. The van der Waals surface area contributed by atoms with Crippen LogP contribution < -0.4 is 21.2 Å². The first-order chi connectivity index (χ1) is 15.1. The summed E-state index contributed by atoms with van der Waals surface area (Å²) in [4.78, 5) is 24.9. The summed E-state index contributed by atoms with van der Waals surface area (Å²) in [5.74, 6) is 0.523. The summed E-state index contributed by atoms with van der Waals surface area (Å²) in [7, 11) is 0. The SMILES string of the molecule is CC(C)n1c(=O)n(C2CCCC2)c2nc(Nc3ccc(N4CCNCC4)cc3)ncc21. The molecule has 31 heavy (non-hydrogen) atoms. The topological polar surface area (TPSA) is 80.0 Å². The highest BCUT2D eigenvalue weighted by Crippen LogP contribution is 2.31. The van der Waals surface area contributed by atoms with Crippen molar-refractivity contribution < 1.29 is 0 Å². The van der Waals surface area contributed by atoms with Crippen LogP contribution in [0.3, 0.4) is 0 Å². The first-order valence-electron chi connectivity index (χ1n) is 11.4. The molecule has 0 atom stereocenters. The van der Waals surface area contributed by atoms with Gasteiger partial charge < -0.3 is 15.5 Å². The number of nitrogens with one attached hydrogen (secondary N) is 2. The molecule has 1 aromatic carbocycles. The summed E-state index contributed by atoms with van der Waals surface area (Å²) in [6, 6.07) is 8.70. The van der Waals surface area contributed by atoms with Crippen LogP contribution in [0.2, 0.25) is 0 Å². The molecular formula is C23H31N7O. The van der Waals surface area contributed by atoms with Crippen molar-refractivity contribution in [2.24, 2.45) is 0 Å². The average Bonchev–Trinajstić information content (AvgIpc) is 3.40. The van der Waals surface area contributed by atoms with Gasteiger partial charge >= 0.3 is 5.69 Å². The number of benzene rings is 1. The Morgan fingerprint density at radius 3 is 2.48 bits per heavy atom. The molecular weight excluding hydrogens is 390 g/mol. The van der Waals surface area contributed by atoms with Crippen molar-refractivity contribution >= 4 is 28.5 Å². The van der Waals surface area contributed by atoms with Gasteiger partial charge in [0.15, 0.2) is 5.65 Å². The van der Waals surface area contributed by atoms with Crippen molar-refractivity contribution in [1.82, 2.24) is 24.4 Å². The molecule has 0 bridgehead atoms. The van der Waals surface area contributed by atoms with Crippen molar-refractivity contribution in [3.63, 3.8) is 0 Å². The smallest absolute Gasteiger partial charge is 0.330 e. The van der Waals surface area contributed by atoms with E-state index in [0.29, 0.717) is 5.95 Å². The Morgan fingerprint density at radius 2 is 1.81 bits per heavy atom. The van der Waals surface area contributed by atoms with Gasteiger partial charge in [0.25, 0.3) is 0 Å². The highest BCUT2D eigenvalue weighted by Gasteiger charge is 2.25. The lowest BCUT2D eigenvalue weighted by Crippen LogP contribution is -2.43. The molecule has 1 saturated carbocycles. The zero-order chi connectivity index (χ0) is 21.4. The fourth-order valence-electron chi connectivity index (χ4n) is 4.88. The van der Waals surface area contributed by atoms with Gasteiger partial charge in [-0.25, -0.2) is 9.78 Å². The van der Waals surface area contributed by atoms with Gasteiger partial charge in [0.2, 0.25) is 5.95 Å². The number of hydrogen-bond acceptors (Lipinski definition) is 6. The molecule has 0 amide bonds. The molecule has 1 saturated heterocycles. The van der Waals surface area contributed by atoms with Crippen LogP contribution in [0.4, 0.5) is 17.3 Å². The minimum Gasteiger partial charge on any atom is -0.369 e. The van der Waals surface area contributed by atoms with Crippen LogP contribution in [0.1, 0.15) is 51.6 Å². The van der Waals surface area contributed by atoms with Gasteiger partial charge in [-0.05, 0) is 51.0 Å². The van der Waals surface area contributed by atoms with Gasteiger partial charge in [0.05, 0.1) is 6.20 Å². The van der Waals surface area contributed by atoms with E-state index >= 15 is 0 Å². The van der Waals surface area contributed by atoms with Crippen LogP contribution in [0, 0.1) is 0 Å². The number of aromatic nitrogens is 4. The predicted molar refractivity (Wildman–Crippen MR) is 124 cm³/mol. The van der Waals surface area contributed by atoms with Gasteiger partial charge in [-0.2, -0.15) is 4.98 Å². The second-order valence-electron chi connectivity index (χ2n) is 8.87. The van der Waals surface area contributed by atoms with E-state index in [1.165, 1.54) is 18.5 Å². The quantitative estimate of drug-likeness (QED) is 0.657. The van der Waals surface area contributed by atoms with Gasteiger partial charge in [0, 0.05) is 49.6 Å². The number of piperazine rings is 1. The van der Waals surface area contributed by atoms with E-state index in [1.54, 1.807) is 6.20 Å². The van der Waals surface area contributed by atoms with Crippen molar-refractivity contribution in [3.8, 4) is 0 Å². The van der Waals surface area contributed by atoms with Crippen LogP contribution in [0.25, 0.3) is 11.2 Å². The molecule has 5 rings (SSSR count). The summed E-state index contributed by atoms with van der Waals surface area (Å²) >= 11 is 0. The van der Waals surface area contributed by atoms with Crippen molar-refractivity contribution in [2.45, 2.75) is 51.6 Å². The van der Waals surface area contributed by atoms with Crippen LogP contribution in [-0.2, 0) is 0 Å². The maximum absolute atomic E-state index is 13.2. The molecule has 164 valence electrons. The van der Waals surface area contributed by atoms with Crippen molar-refractivity contribution in [2.75, 3.05) is 36.4 Å². The van der Waals surface area contributed by atoms with Gasteiger partial charge in [-0.1, -0.05) is 12.8 Å². The number of fused-ring (bicyclic) bond motifs is 1. The molecule has 1 aliphatic carbocycles. The molecule has 0 radical (unpaired) electrons. The third-order valence-corrected chi connectivity index (χ3v) is 6.46. The van der Waals surface area contributed by atoms with E-state index in [4.69, 9.17) is 4.98 Å². The Hall–Kier alpha value is -2.87. The van der Waals surface area contributed by atoms with E-state index in [-0.39, 0.29) is 17.8 Å². The standard InChI is InChI=1S/C23H31N7O/c1-16(2)29-20-15-25-22(27-21(20)30(23(29)31)19-5-3-4-6-19)26-17-7-9-18(10-8-17)28-13-11-24-12-14-28/h7-10,15-16,19,24H,3-6,11-14H2,1-2H3,(H,25,26,27). The highest BCUT2D eigenvalue weighted by molar-refractivity contribution is 5.73. The fraction of sp³-hybridized carbons (Fsp3) is 0.522. The number of imidazole rings is 1. The predicted octanol–water partition coefficient (Wildman–Crippen LogP) is 3.44. The minimum atomic E-state index is 0.0312. The van der Waals surface area contributed by atoms with Gasteiger partial charge in [-0.15, -0.1) is 0 Å². The average molecular weight is 422 g/mol. The van der Waals surface area contributed by atoms with Crippen molar-refractivity contribution in [1.29, 1.82) is 0 Å². The molecule has 0 unspecified atom stereocenters. The molecule has 0 spiro atoms. The first kappa shape index (κ1) is 20.1. The molecule has 3 aromatic rings. The maximum Gasteiger partial charge on any atom is 0.330 e. The Labute approximate surface area is 182 Å². The Morgan fingerprint density at radius 1 is 1.10 bits per heavy atom. The molecule has 8 nitrogen and oxygen atoms in total. The van der Waals surface area contributed by atoms with Gasteiger partial charge in [0.1, 0.15) is 5.52 Å². The molecule has 2 aromatic heterocycles. The third-order valence-electron chi connectivity index (χ3n) is 6.46. The monoisotopic (exact) mass is 421 g/mol. The van der Waals surface area contributed by atoms with E-state index < -0.39 is 0 Å². The fourth-order valence-corrected chi connectivity index (χ4v) is 4.88. The second-order valence-corrected chi connectivity index (χ2v) is 8.87. The molecule has 1 aliphatic heterocycles. The third kappa shape index (κ3) is 3.80. The largest absolute Gasteiger partial charge is 0.369 e. The van der Waals surface area contributed by atoms with E-state index in [2.05, 4.69) is 44.8 Å². The Kier molecular flexibility index (Phi) is 5.40. The Balaban J connectivity index is 1.45. The van der Waals surface area contributed by atoms with Crippen LogP contribution in [-0.4, -0.2) is 45.3 Å². The lowest BCUT2D eigenvalue weighted by atomic mass is 10.2. The van der Waals surface area contributed by atoms with Crippen LogP contribution in [0.5, 0.6) is 0 Å². The van der Waals surface area contributed by atoms with Crippen LogP contribution in [0.15, 0.2) is 35.3 Å². The zero-order valence-corrected chi connectivity index (χ0v) is 18.3.